The Bertz CT molecular complexity index is 923. The van der Waals surface area contributed by atoms with E-state index in [2.05, 4.69) is 36.6 Å². The van der Waals surface area contributed by atoms with Crippen molar-refractivity contribution in [2.75, 3.05) is 19.6 Å². The van der Waals surface area contributed by atoms with Gasteiger partial charge in [-0.2, -0.15) is 0 Å². The minimum atomic E-state index is -0.166. The molecule has 0 spiro atoms. The lowest BCUT2D eigenvalue weighted by atomic mass is 10.1. The van der Waals surface area contributed by atoms with Gasteiger partial charge in [0.15, 0.2) is 5.69 Å². The molecule has 0 bridgehead atoms. The summed E-state index contributed by atoms with van der Waals surface area (Å²) in [4.78, 5) is 17.0. The lowest BCUT2D eigenvalue weighted by molar-refractivity contribution is 0.0948. The molecule has 142 valence electrons. The highest BCUT2D eigenvalue weighted by Crippen LogP contribution is 2.17. The second kappa shape index (κ2) is 7.87. The number of benzene rings is 1. The van der Waals surface area contributed by atoms with E-state index in [1.165, 1.54) is 0 Å². The lowest BCUT2D eigenvalue weighted by Gasteiger charge is -2.22. The summed E-state index contributed by atoms with van der Waals surface area (Å²) in [5.74, 6) is 0.863. The molecule has 0 radical (unpaired) electrons. The molecule has 0 saturated carbocycles. The number of aromatic nitrogens is 5. The molecule has 1 amide bonds. The highest BCUT2D eigenvalue weighted by molar-refractivity contribution is 5.91. The van der Waals surface area contributed by atoms with Crippen molar-refractivity contribution in [2.45, 2.75) is 31.7 Å². The zero-order valence-electron chi connectivity index (χ0n) is 15.6. The third-order valence-corrected chi connectivity index (χ3v) is 5.17. The minimum absolute atomic E-state index is 0.166. The van der Waals surface area contributed by atoms with Crippen molar-refractivity contribution in [1.29, 1.82) is 0 Å². The predicted octanol–water partition coefficient (Wildman–Crippen LogP) is 1.45. The van der Waals surface area contributed by atoms with Crippen molar-refractivity contribution >= 4 is 16.9 Å². The van der Waals surface area contributed by atoms with Gasteiger partial charge in [0, 0.05) is 20.0 Å². The van der Waals surface area contributed by atoms with E-state index in [9.17, 15) is 4.79 Å². The number of imidazole rings is 1. The molecule has 1 saturated heterocycles. The highest BCUT2D eigenvalue weighted by Gasteiger charge is 2.18. The molecule has 0 unspecified atom stereocenters. The van der Waals surface area contributed by atoms with Crippen LogP contribution in [0.15, 0.2) is 30.5 Å². The highest BCUT2D eigenvalue weighted by atomic mass is 16.2. The number of amides is 1. The molecule has 3 heterocycles. The molecule has 27 heavy (non-hydrogen) atoms. The SMILES string of the molecule is Cn1c(CCCNC(=O)c2cn(C3CCNCC3)nn2)nc2ccccc21. The Morgan fingerprint density at radius 1 is 1.30 bits per heavy atom. The van der Waals surface area contributed by atoms with E-state index < -0.39 is 0 Å². The van der Waals surface area contributed by atoms with E-state index in [0.717, 1.165) is 55.6 Å². The zero-order chi connectivity index (χ0) is 18.6. The van der Waals surface area contributed by atoms with Crippen molar-refractivity contribution in [2.24, 2.45) is 7.05 Å². The van der Waals surface area contributed by atoms with Crippen LogP contribution in [0.5, 0.6) is 0 Å². The number of para-hydroxylation sites is 2. The molecule has 0 atom stereocenters. The summed E-state index contributed by atoms with van der Waals surface area (Å²) in [6.07, 6.45) is 5.43. The Morgan fingerprint density at radius 3 is 2.93 bits per heavy atom. The number of nitrogens with zero attached hydrogens (tertiary/aromatic N) is 5. The van der Waals surface area contributed by atoms with Gasteiger partial charge in [0.25, 0.3) is 5.91 Å². The molecule has 2 N–H and O–H groups in total. The van der Waals surface area contributed by atoms with E-state index in [-0.39, 0.29) is 5.91 Å². The quantitative estimate of drug-likeness (QED) is 0.644. The number of aryl methyl sites for hydroxylation is 2. The normalized spacial score (nSPS) is 15.3. The van der Waals surface area contributed by atoms with Crippen LogP contribution in [-0.2, 0) is 13.5 Å². The van der Waals surface area contributed by atoms with Gasteiger partial charge in [-0.15, -0.1) is 5.10 Å². The fourth-order valence-electron chi connectivity index (χ4n) is 3.59. The summed E-state index contributed by atoms with van der Waals surface area (Å²) in [7, 11) is 2.03. The Kier molecular flexibility index (Phi) is 5.15. The molecular weight excluding hydrogens is 342 g/mol. The molecule has 2 aromatic heterocycles. The van der Waals surface area contributed by atoms with Crippen LogP contribution in [0.4, 0.5) is 0 Å². The number of fused-ring (bicyclic) bond motifs is 1. The van der Waals surface area contributed by atoms with Crippen LogP contribution in [0.2, 0.25) is 0 Å². The van der Waals surface area contributed by atoms with Gasteiger partial charge in [0.1, 0.15) is 5.82 Å². The molecule has 3 aromatic rings. The number of piperidine rings is 1. The van der Waals surface area contributed by atoms with Gasteiger partial charge in [0.2, 0.25) is 0 Å². The standard InChI is InChI=1S/C19H25N7O/c1-25-17-6-3-2-5-15(17)22-18(25)7-4-10-21-19(27)16-13-26(24-23-16)14-8-11-20-12-9-14/h2-3,5-6,13-14,20H,4,7-12H2,1H3,(H,21,27). The van der Waals surface area contributed by atoms with Gasteiger partial charge in [-0.3, -0.25) is 4.79 Å². The molecular formula is C19H25N7O. The number of carbonyl (C=O) groups excluding carboxylic acids is 1. The number of nitrogens with one attached hydrogen (secondary N) is 2. The first-order chi connectivity index (χ1) is 13.2. The van der Waals surface area contributed by atoms with Crippen LogP contribution in [0, 0.1) is 0 Å². The van der Waals surface area contributed by atoms with Crippen LogP contribution in [0.1, 0.15) is 41.6 Å². The van der Waals surface area contributed by atoms with E-state index in [4.69, 9.17) is 0 Å². The second-order valence-electron chi connectivity index (χ2n) is 7.00. The van der Waals surface area contributed by atoms with Crippen LogP contribution >= 0.6 is 0 Å². The largest absolute Gasteiger partial charge is 0.351 e. The fourth-order valence-corrected chi connectivity index (χ4v) is 3.59. The van der Waals surface area contributed by atoms with Gasteiger partial charge >= 0.3 is 0 Å². The smallest absolute Gasteiger partial charge is 0.273 e. The first-order valence-electron chi connectivity index (χ1n) is 9.53. The molecule has 1 aliphatic rings. The average molecular weight is 367 g/mol. The van der Waals surface area contributed by atoms with Crippen LogP contribution in [-0.4, -0.2) is 50.1 Å². The third-order valence-electron chi connectivity index (χ3n) is 5.17. The van der Waals surface area contributed by atoms with E-state index in [1.807, 2.05) is 29.9 Å². The first-order valence-corrected chi connectivity index (χ1v) is 9.53. The Balaban J connectivity index is 1.28. The molecule has 8 heteroatoms. The Labute approximate surface area is 158 Å². The monoisotopic (exact) mass is 367 g/mol. The van der Waals surface area contributed by atoms with Crippen molar-refractivity contribution in [1.82, 2.24) is 35.2 Å². The van der Waals surface area contributed by atoms with E-state index >= 15 is 0 Å². The number of hydrogen-bond acceptors (Lipinski definition) is 5. The number of hydrogen-bond donors (Lipinski definition) is 2. The van der Waals surface area contributed by atoms with E-state index in [1.54, 1.807) is 6.20 Å². The average Bonchev–Trinajstić information content (AvgIpc) is 3.32. The molecule has 4 rings (SSSR count). The van der Waals surface area contributed by atoms with Crippen molar-refractivity contribution < 1.29 is 4.79 Å². The Morgan fingerprint density at radius 2 is 2.11 bits per heavy atom. The third kappa shape index (κ3) is 3.85. The molecule has 1 fully saturated rings. The first kappa shape index (κ1) is 17.7. The maximum absolute atomic E-state index is 12.3. The number of rotatable bonds is 6. The van der Waals surface area contributed by atoms with Crippen molar-refractivity contribution in [3.8, 4) is 0 Å². The summed E-state index contributed by atoms with van der Waals surface area (Å²) in [5.41, 5.74) is 2.52. The van der Waals surface area contributed by atoms with Gasteiger partial charge in [-0.1, -0.05) is 17.3 Å². The lowest BCUT2D eigenvalue weighted by Crippen LogP contribution is -2.29. The minimum Gasteiger partial charge on any atom is -0.351 e. The van der Waals surface area contributed by atoms with Gasteiger partial charge in [-0.05, 0) is 44.5 Å². The summed E-state index contributed by atoms with van der Waals surface area (Å²) in [6, 6.07) is 8.44. The molecule has 1 aliphatic heterocycles. The van der Waals surface area contributed by atoms with Crippen LogP contribution in [0.3, 0.4) is 0 Å². The maximum atomic E-state index is 12.3. The maximum Gasteiger partial charge on any atom is 0.273 e. The van der Waals surface area contributed by atoms with Gasteiger partial charge in [0.05, 0.1) is 23.3 Å². The van der Waals surface area contributed by atoms with Crippen molar-refractivity contribution in [3.05, 3.63) is 42.0 Å². The second-order valence-corrected chi connectivity index (χ2v) is 7.00. The summed E-state index contributed by atoms with van der Waals surface area (Å²) in [5, 5.41) is 14.4. The predicted molar refractivity (Wildman–Crippen MR) is 103 cm³/mol. The van der Waals surface area contributed by atoms with Crippen molar-refractivity contribution in [3.63, 3.8) is 0 Å². The van der Waals surface area contributed by atoms with Crippen LogP contribution in [0.25, 0.3) is 11.0 Å². The Hall–Kier alpha value is -2.74. The van der Waals surface area contributed by atoms with Gasteiger partial charge < -0.3 is 15.2 Å². The number of carbonyl (C=O) groups is 1. The molecule has 8 nitrogen and oxygen atoms in total. The molecule has 1 aromatic carbocycles. The summed E-state index contributed by atoms with van der Waals surface area (Å²) in [6.45, 7) is 2.55. The molecule has 0 aliphatic carbocycles. The van der Waals surface area contributed by atoms with Gasteiger partial charge in [-0.25, -0.2) is 9.67 Å². The summed E-state index contributed by atoms with van der Waals surface area (Å²) < 4.78 is 3.94. The van der Waals surface area contributed by atoms with Crippen LogP contribution < -0.4 is 10.6 Å². The van der Waals surface area contributed by atoms with E-state index in [0.29, 0.717) is 18.3 Å². The summed E-state index contributed by atoms with van der Waals surface area (Å²) >= 11 is 0. The fraction of sp³-hybridized carbons (Fsp3) is 0.474. The topological polar surface area (TPSA) is 89.7 Å². The zero-order valence-corrected chi connectivity index (χ0v) is 15.6.